The van der Waals surface area contributed by atoms with Crippen LogP contribution >= 0.6 is 23.2 Å². The van der Waals surface area contributed by atoms with Gasteiger partial charge in [-0.15, -0.1) is 5.10 Å². The van der Waals surface area contributed by atoms with Crippen molar-refractivity contribution < 1.29 is 9.53 Å². The van der Waals surface area contributed by atoms with E-state index in [1.54, 1.807) is 10.7 Å². The fourth-order valence-electron chi connectivity index (χ4n) is 1.95. The van der Waals surface area contributed by atoms with Crippen molar-refractivity contribution in [3.8, 4) is 5.75 Å². The first kappa shape index (κ1) is 15.5. The van der Waals surface area contributed by atoms with Gasteiger partial charge in [-0.25, -0.2) is 9.48 Å². The number of hydrogen-bond acceptors (Lipinski definition) is 4. The summed E-state index contributed by atoms with van der Waals surface area (Å²) in [6.45, 7) is 0.517. The van der Waals surface area contributed by atoms with Crippen LogP contribution in [-0.2, 0) is 6.54 Å². The minimum atomic E-state index is -0.631. The van der Waals surface area contributed by atoms with Crippen molar-refractivity contribution in [3.63, 3.8) is 0 Å². The fourth-order valence-corrected chi connectivity index (χ4v) is 2.40. The van der Waals surface area contributed by atoms with E-state index < -0.39 is 5.97 Å². The molecule has 0 aliphatic rings. The minimum Gasteiger partial charge on any atom is -0.420 e. The molecule has 0 bridgehead atoms. The Hall–Kier alpha value is -2.37. The second kappa shape index (κ2) is 6.81. The number of nitrogens with zero attached hydrogens (tertiary/aromatic N) is 3. The van der Waals surface area contributed by atoms with E-state index in [1.807, 2.05) is 30.3 Å². The molecule has 3 aromatic rings. The third kappa shape index (κ3) is 3.88. The van der Waals surface area contributed by atoms with Crippen LogP contribution in [0.5, 0.6) is 5.75 Å². The molecule has 0 atom stereocenters. The van der Waals surface area contributed by atoms with Crippen LogP contribution in [0, 0.1) is 0 Å². The molecule has 23 heavy (non-hydrogen) atoms. The molecule has 0 saturated heterocycles. The number of benzene rings is 2. The van der Waals surface area contributed by atoms with Crippen LogP contribution in [0.3, 0.4) is 0 Å². The summed E-state index contributed by atoms with van der Waals surface area (Å²) in [6, 6.07) is 14.3. The molecule has 0 saturated carbocycles. The van der Waals surface area contributed by atoms with Gasteiger partial charge in [0.05, 0.1) is 17.8 Å². The lowest BCUT2D eigenvalue weighted by Crippen LogP contribution is -2.09. The molecular formula is C16H11Cl2N3O2. The minimum absolute atomic E-state index is 0.104. The Balaban J connectivity index is 1.71. The maximum absolute atomic E-state index is 12.1. The predicted octanol–water partition coefficient (Wildman–Crippen LogP) is 3.85. The number of ether oxygens (including phenoxy) is 1. The molecule has 1 aromatic heterocycles. The lowest BCUT2D eigenvalue weighted by molar-refractivity contribution is 0.0728. The molecule has 5 nitrogen and oxygen atoms in total. The van der Waals surface area contributed by atoms with Crippen LogP contribution in [0.1, 0.15) is 16.1 Å². The summed E-state index contributed by atoms with van der Waals surface area (Å²) in [5.41, 5.74) is 1.16. The molecule has 0 spiro atoms. The Bertz CT molecular complexity index is 834. The number of aromatic nitrogens is 3. The Morgan fingerprint density at radius 2 is 1.91 bits per heavy atom. The van der Waals surface area contributed by atoms with Crippen molar-refractivity contribution >= 4 is 29.2 Å². The van der Waals surface area contributed by atoms with Crippen molar-refractivity contribution in [1.29, 1.82) is 0 Å². The second-order valence-corrected chi connectivity index (χ2v) is 5.59. The van der Waals surface area contributed by atoms with Crippen molar-refractivity contribution in [2.24, 2.45) is 0 Å². The third-order valence-corrected chi connectivity index (χ3v) is 3.56. The van der Waals surface area contributed by atoms with Crippen molar-refractivity contribution in [2.45, 2.75) is 6.54 Å². The van der Waals surface area contributed by atoms with Crippen LogP contribution in [0.2, 0.25) is 10.0 Å². The molecule has 0 unspecified atom stereocenters. The van der Waals surface area contributed by atoms with E-state index in [2.05, 4.69) is 10.3 Å². The highest BCUT2D eigenvalue weighted by molar-refractivity contribution is 6.35. The smallest absolute Gasteiger partial charge is 0.365 e. The first-order valence-corrected chi connectivity index (χ1v) is 7.49. The zero-order valence-corrected chi connectivity index (χ0v) is 13.3. The highest BCUT2D eigenvalue weighted by Crippen LogP contribution is 2.28. The molecule has 7 heteroatoms. The summed E-state index contributed by atoms with van der Waals surface area (Å²) >= 11 is 11.8. The summed E-state index contributed by atoms with van der Waals surface area (Å²) in [6.07, 6.45) is 1.53. The number of carbonyl (C=O) groups excluding carboxylic acids is 1. The van der Waals surface area contributed by atoms with E-state index in [-0.39, 0.29) is 16.5 Å². The van der Waals surface area contributed by atoms with Gasteiger partial charge in [0, 0.05) is 5.02 Å². The standard InChI is InChI=1S/C16H11Cl2N3O2/c17-12-6-7-15(13(18)8-12)23-16(22)14-10-21(20-19-14)9-11-4-2-1-3-5-11/h1-8,10H,9H2. The number of hydrogen-bond donors (Lipinski definition) is 0. The van der Waals surface area contributed by atoms with Crippen LogP contribution in [0.25, 0.3) is 0 Å². The van der Waals surface area contributed by atoms with Gasteiger partial charge in [-0.2, -0.15) is 0 Å². The van der Waals surface area contributed by atoms with Crippen LogP contribution in [-0.4, -0.2) is 21.0 Å². The zero-order chi connectivity index (χ0) is 16.2. The lowest BCUT2D eigenvalue weighted by atomic mass is 10.2. The first-order chi connectivity index (χ1) is 11.1. The normalized spacial score (nSPS) is 10.5. The molecule has 0 amide bonds. The molecule has 116 valence electrons. The number of rotatable bonds is 4. The summed E-state index contributed by atoms with van der Waals surface area (Å²) in [7, 11) is 0. The monoisotopic (exact) mass is 347 g/mol. The van der Waals surface area contributed by atoms with Gasteiger partial charge >= 0.3 is 5.97 Å². The number of esters is 1. The Morgan fingerprint density at radius 3 is 2.65 bits per heavy atom. The lowest BCUT2D eigenvalue weighted by Gasteiger charge is -2.04. The van der Waals surface area contributed by atoms with Crippen molar-refractivity contribution in [1.82, 2.24) is 15.0 Å². The van der Waals surface area contributed by atoms with Gasteiger partial charge in [-0.3, -0.25) is 0 Å². The highest BCUT2D eigenvalue weighted by atomic mass is 35.5. The van der Waals surface area contributed by atoms with Crippen LogP contribution in [0.4, 0.5) is 0 Å². The van der Waals surface area contributed by atoms with E-state index in [0.717, 1.165) is 5.56 Å². The van der Waals surface area contributed by atoms with Gasteiger partial charge in [0.25, 0.3) is 0 Å². The quantitative estimate of drug-likeness (QED) is 0.531. The van der Waals surface area contributed by atoms with Gasteiger partial charge in [0.1, 0.15) is 5.75 Å². The summed E-state index contributed by atoms with van der Waals surface area (Å²) < 4.78 is 6.77. The molecule has 0 fully saturated rings. The maximum atomic E-state index is 12.1. The summed E-state index contributed by atoms with van der Waals surface area (Å²) in [5.74, 6) is -0.410. The average molecular weight is 348 g/mol. The SMILES string of the molecule is O=C(Oc1ccc(Cl)cc1Cl)c1cn(Cc2ccccc2)nn1. The maximum Gasteiger partial charge on any atom is 0.365 e. The van der Waals surface area contributed by atoms with Crippen molar-refractivity contribution in [2.75, 3.05) is 0 Å². The molecule has 0 radical (unpaired) electrons. The van der Waals surface area contributed by atoms with Gasteiger partial charge in [-0.1, -0.05) is 58.7 Å². The molecular weight excluding hydrogens is 337 g/mol. The molecule has 0 aliphatic carbocycles. The average Bonchev–Trinajstić information content (AvgIpc) is 3.00. The fraction of sp³-hybridized carbons (Fsp3) is 0.0625. The van der Waals surface area contributed by atoms with E-state index in [0.29, 0.717) is 11.6 Å². The van der Waals surface area contributed by atoms with E-state index in [1.165, 1.54) is 18.3 Å². The Morgan fingerprint density at radius 1 is 1.13 bits per heavy atom. The second-order valence-electron chi connectivity index (χ2n) is 4.75. The highest BCUT2D eigenvalue weighted by Gasteiger charge is 2.15. The van der Waals surface area contributed by atoms with E-state index in [9.17, 15) is 4.79 Å². The van der Waals surface area contributed by atoms with Gasteiger partial charge in [-0.05, 0) is 23.8 Å². The Kier molecular flexibility index (Phi) is 4.60. The predicted molar refractivity (Wildman–Crippen MR) is 87.0 cm³/mol. The summed E-state index contributed by atoms with van der Waals surface area (Å²) in [5, 5.41) is 8.46. The zero-order valence-electron chi connectivity index (χ0n) is 11.8. The van der Waals surface area contributed by atoms with E-state index in [4.69, 9.17) is 27.9 Å². The molecule has 0 aliphatic heterocycles. The molecule has 0 N–H and O–H groups in total. The van der Waals surface area contributed by atoms with Gasteiger partial charge < -0.3 is 4.74 Å². The molecule has 2 aromatic carbocycles. The molecule has 3 rings (SSSR count). The third-order valence-electron chi connectivity index (χ3n) is 3.03. The van der Waals surface area contributed by atoms with Crippen LogP contribution < -0.4 is 4.74 Å². The number of halogens is 2. The van der Waals surface area contributed by atoms with E-state index >= 15 is 0 Å². The van der Waals surface area contributed by atoms with Crippen molar-refractivity contribution in [3.05, 3.63) is 76.0 Å². The first-order valence-electron chi connectivity index (χ1n) is 6.73. The van der Waals surface area contributed by atoms with Gasteiger partial charge in [0.2, 0.25) is 0 Å². The molecule has 1 heterocycles. The van der Waals surface area contributed by atoms with Crippen LogP contribution in [0.15, 0.2) is 54.7 Å². The summed E-state index contributed by atoms with van der Waals surface area (Å²) in [4.78, 5) is 12.1. The number of carbonyl (C=O) groups is 1. The largest absolute Gasteiger partial charge is 0.420 e. The topological polar surface area (TPSA) is 57.0 Å². The van der Waals surface area contributed by atoms with Gasteiger partial charge in [0.15, 0.2) is 5.69 Å². The Labute approximate surface area is 142 Å².